The van der Waals surface area contributed by atoms with Gasteiger partial charge in [-0.25, -0.2) is 9.59 Å². The first-order chi connectivity index (χ1) is 9.42. The van der Waals surface area contributed by atoms with Crippen LogP contribution in [0.5, 0.6) is 11.5 Å². The number of carbonyl (C=O) groups is 1. The van der Waals surface area contributed by atoms with Crippen molar-refractivity contribution in [1.82, 2.24) is 0 Å². The second-order valence-corrected chi connectivity index (χ2v) is 4.17. The number of phenolic OH excluding ortho intramolecular Hbond substituents is 1. The molecule has 106 valence electrons. The number of aliphatic hydroxyl groups excluding tert-OH is 1. The molecule has 1 atom stereocenters. The molecule has 0 aliphatic rings. The molecular weight excluding hydrogens is 268 g/mol. The van der Waals surface area contributed by atoms with Crippen molar-refractivity contribution in [3.8, 4) is 11.5 Å². The largest absolute Gasteiger partial charge is 0.507 e. The van der Waals surface area contributed by atoms with Crippen LogP contribution in [-0.4, -0.2) is 34.5 Å². The number of hydrogen-bond donors (Lipinski definition) is 3. The van der Waals surface area contributed by atoms with E-state index in [1.165, 1.54) is 25.3 Å². The number of hydrogen-bond acceptors (Lipinski definition) is 6. The van der Waals surface area contributed by atoms with Crippen LogP contribution in [0.2, 0.25) is 0 Å². The first kappa shape index (κ1) is 13.9. The summed E-state index contributed by atoms with van der Waals surface area (Å²) >= 11 is 0. The number of phenols is 1. The van der Waals surface area contributed by atoms with Crippen molar-refractivity contribution in [3.63, 3.8) is 0 Å². The third-order valence-corrected chi connectivity index (χ3v) is 2.78. The van der Waals surface area contributed by atoms with Crippen molar-refractivity contribution >= 4 is 16.7 Å². The summed E-state index contributed by atoms with van der Waals surface area (Å²) in [5.74, 6) is -1.37. The Bertz CT molecular complexity index is 716. The van der Waals surface area contributed by atoms with Gasteiger partial charge in [0.1, 0.15) is 22.6 Å². The zero-order valence-corrected chi connectivity index (χ0v) is 10.5. The third-order valence-electron chi connectivity index (χ3n) is 2.78. The Kier molecular flexibility index (Phi) is 3.62. The molecule has 0 bridgehead atoms. The van der Waals surface area contributed by atoms with Gasteiger partial charge in [0.2, 0.25) is 0 Å². The van der Waals surface area contributed by atoms with Crippen molar-refractivity contribution in [2.75, 3.05) is 7.11 Å². The summed E-state index contributed by atoms with van der Waals surface area (Å²) in [5.41, 5.74) is -0.810. The standard InChI is InChI=1S/C13H12O7/c1-19-7-2-6-3-8(5-10(15)12(16)17)20-13(18)11(6)9(14)4-7/h2-4,10,14-15H,5H2,1H3,(H,16,17)/t10-/m1/s1. The molecule has 1 aromatic heterocycles. The van der Waals surface area contributed by atoms with Crippen LogP contribution >= 0.6 is 0 Å². The lowest BCUT2D eigenvalue weighted by molar-refractivity contribution is -0.146. The molecule has 7 nitrogen and oxygen atoms in total. The fourth-order valence-corrected chi connectivity index (χ4v) is 1.83. The lowest BCUT2D eigenvalue weighted by Crippen LogP contribution is -2.22. The molecule has 0 saturated heterocycles. The molecular formula is C13H12O7. The van der Waals surface area contributed by atoms with E-state index in [4.69, 9.17) is 14.3 Å². The molecule has 1 heterocycles. The van der Waals surface area contributed by atoms with Crippen LogP contribution in [0.15, 0.2) is 27.4 Å². The average molecular weight is 280 g/mol. The fraction of sp³-hybridized carbons (Fsp3) is 0.231. The van der Waals surface area contributed by atoms with Gasteiger partial charge in [0.25, 0.3) is 0 Å². The van der Waals surface area contributed by atoms with Crippen molar-refractivity contribution in [2.24, 2.45) is 0 Å². The molecule has 3 N–H and O–H groups in total. The van der Waals surface area contributed by atoms with E-state index in [-0.39, 0.29) is 23.3 Å². The van der Waals surface area contributed by atoms with Crippen LogP contribution in [0.3, 0.4) is 0 Å². The van der Waals surface area contributed by atoms with E-state index in [1.807, 2.05) is 0 Å². The van der Waals surface area contributed by atoms with E-state index in [2.05, 4.69) is 0 Å². The number of benzene rings is 1. The Hall–Kier alpha value is -2.54. The van der Waals surface area contributed by atoms with Gasteiger partial charge in [0.05, 0.1) is 7.11 Å². The Morgan fingerprint density at radius 3 is 2.70 bits per heavy atom. The van der Waals surface area contributed by atoms with Crippen molar-refractivity contribution in [2.45, 2.75) is 12.5 Å². The van der Waals surface area contributed by atoms with E-state index >= 15 is 0 Å². The summed E-state index contributed by atoms with van der Waals surface area (Å²) in [6.45, 7) is 0. The van der Waals surface area contributed by atoms with E-state index in [0.29, 0.717) is 11.1 Å². The highest BCUT2D eigenvalue weighted by Crippen LogP contribution is 2.28. The average Bonchev–Trinajstić information content (AvgIpc) is 2.37. The minimum atomic E-state index is -1.67. The SMILES string of the molecule is COc1cc(O)c2c(=O)oc(C[C@@H](O)C(=O)O)cc2c1. The summed E-state index contributed by atoms with van der Waals surface area (Å²) in [6, 6.07) is 4.15. The first-order valence-electron chi connectivity index (χ1n) is 5.67. The first-order valence-corrected chi connectivity index (χ1v) is 5.67. The fourth-order valence-electron chi connectivity index (χ4n) is 1.83. The molecule has 0 saturated carbocycles. The van der Waals surface area contributed by atoms with Crippen LogP contribution in [0, 0.1) is 0 Å². The number of aliphatic hydroxyl groups is 1. The molecule has 7 heteroatoms. The molecule has 0 fully saturated rings. The van der Waals surface area contributed by atoms with Crippen LogP contribution in [0.25, 0.3) is 10.8 Å². The molecule has 0 unspecified atom stereocenters. The third kappa shape index (κ3) is 2.57. The van der Waals surface area contributed by atoms with Gasteiger partial charge < -0.3 is 24.5 Å². The maximum absolute atomic E-state index is 11.8. The molecule has 2 aromatic rings. The number of carboxylic acid groups (broad SMARTS) is 1. The topological polar surface area (TPSA) is 117 Å². The number of rotatable bonds is 4. The molecule has 0 aliphatic heterocycles. The number of carboxylic acids is 1. The summed E-state index contributed by atoms with van der Waals surface area (Å²) in [6.07, 6.45) is -2.02. The normalized spacial score (nSPS) is 12.3. The molecule has 20 heavy (non-hydrogen) atoms. The van der Waals surface area contributed by atoms with Gasteiger partial charge in [-0.1, -0.05) is 0 Å². The molecule has 0 spiro atoms. The van der Waals surface area contributed by atoms with E-state index in [9.17, 15) is 19.8 Å². The number of methoxy groups -OCH3 is 1. The van der Waals surface area contributed by atoms with Crippen molar-refractivity contribution in [1.29, 1.82) is 0 Å². The van der Waals surface area contributed by atoms with Gasteiger partial charge in [-0.2, -0.15) is 0 Å². The Morgan fingerprint density at radius 1 is 1.40 bits per heavy atom. The lowest BCUT2D eigenvalue weighted by Gasteiger charge is -2.07. The van der Waals surface area contributed by atoms with Crippen LogP contribution in [-0.2, 0) is 11.2 Å². The zero-order valence-electron chi connectivity index (χ0n) is 10.5. The highest BCUT2D eigenvalue weighted by molar-refractivity contribution is 5.88. The Balaban J connectivity index is 2.56. The lowest BCUT2D eigenvalue weighted by atomic mass is 10.1. The van der Waals surface area contributed by atoms with E-state index in [0.717, 1.165) is 0 Å². The number of aliphatic carboxylic acids is 1. The van der Waals surface area contributed by atoms with Gasteiger partial charge in [-0.15, -0.1) is 0 Å². The second kappa shape index (κ2) is 5.22. The summed E-state index contributed by atoms with van der Waals surface area (Å²) in [4.78, 5) is 22.4. The second-order valence-electron chi connectivity index (χ2n) is 4.17. The van der Waals surface area contributed by atoms with Crippen molar-refractivity contribution in [3.05, 3.63) is 34.4 Å². The number of aromatic hydroxyl groups is 1. The van der Waals surface area contributed by atoms with Crippen LogP contribution < -0.4 is 10.4 Å². The molecule has 0 amide bonds. The predicted octanol–water partition coefficient (Wildman–Crippen LogP) is 0.495. The highest BCUT2D eigenvalue weighted by atomic mass is 16.5. The zero-order chi connectivity index (χ0) is 14.9. The van der Waals surface area contributed by atoms with Gasteiger partial charge in [0, 0.05) is 12.5 Å². The van der Waals surface area contributed by atoms with Gasteiger partial charge in [0.15, 0.2) is 6.10 Å². The minimum absolute atomic E-state index is 0.00468. The van der Waals surface area contributed by atoms with Gasteiger partial charge in [-0.05, 0) is 17.5 Å². The molecule has 0 aliphatic carbocycles. The summed E-state index contributed by atoms with van der Waals surface area (Å²) in [5, 5.41) is 27.9. The summed E-state index contributed by atoms with van der Waals surface area (Å²) in [7, 11) is 1.40. The van der Waals surface area contributed by atoms with E-state index < -0.39 is 17.7 Å². The number of fused-ring (bicyclic) bond motifs is 1. The molecule has 1 aromatic carbocycles. The molecule has 2 rings (SSSR count). The maximum atomic E-state index is 11.8. The van der Waals surface area contributed by atoms with E-state index in [1.54, 1.807) is 0 Å². The molecule has 0 radical (unpaired) electrons. The monoisotopic (exact) mass is 280 g/mol. The summed E-state index contributed by atoms with van der Waals surface area (Å²) < 4.78 is 9.85. The maximum Gasteiger partial charge on any atom is 0.347 e. The smallest absolute Gasteiger partial charge is 0.347 e. The quantitative estimate of drug-likeness (QED) is 0.746. The highest BCUT2D eigenvalue weighted by Gasteiger charge is 2.17. The number of ether oxygens (including phenoxy) is 1. The van der Waals surface area contributed by atoms with Crippen LogP contribution in [0.4, 0.5) is 0 Å². The van der Waals surface area contributed by atoms with Gasteiger partial charge >= 0.3 is 11.6 Å². The Morgan fingerprint density at radius 2 is 2.10 bits per heavy atom. The Labute approximate surface area is 112 Å². The van der Waals surface area contributed by atoms with Crippen molar-refractivity contribution < 1.29 is 29.3 Å². The predicted molar refractivity (Wildman–Crippen MR) is 68.0 cm³/mol. The minimum Gasteiger partial charge on any atom is -0.507 e. The van der Waals surface area contributed by atoms with Crippen LogP contribution in [0.1, 0.15) is 5.76 Å². The van der Waals surface area contributed by atoms with Gasteiger partial charge in [-0.3, -0.25) is 0 Å².